The van der Waals surface area contributed by atoms with Crippen LogP contribution >= 0.6 is 0 Å². The molecule has 0 atom stereocenters. The predicted molar refractivity (Wildman–Crippen MR) is 60.7 cm³/mol. The second-order valence-corrected chi connectivity index (χ2v) is 3.81. The second-order valence-electron chi connectivity index (χ2n) is 3.81. The van der Waals surface area contributed by atoms with Crippen molar-refractivity contribution >= 4 is 17.5 Å². The summed E-state index contributed by atoms with van der Waals surface area (Å²) in [6.45, 7) is 0. The molecule has 2 N–H and O–H groups in total. The number of halogens is 5. The third-order valence-electron chi connectivity index (χ3n) is 2.47. The molecule has 110 valence electrons. The third kappa shape index (κ3) is 2.62. The van der Waals surface area contributed by atoms with E-state index in [1.807, 2.05) is 5.32 Å². The molecule has 0 bridgehead atoms. The molecular weight excluding hydrogens is 299 g/mol. The zero-order valence-corrected chi connectivity index (χ0v) is 9.92. The van der Waals surface area contributed by atoms with Gasteiger partial charge < -0.3 is 10.4 Å². The van der Waals surface area contributed by atoms with E-state index in [1.165, 1.54) is 0 Å². The highest BCUT2D eigenvalue weighted by molar-refractivity contribution is 5.87. The Balaban J connectivity index is 2.42. The Kier molecular flexibility index (Phi) is 3.74. The molecule has 0 saturated heterocycles. The Morgan fingerprint density at radius 1 is 0.952 bits per heavy atom. The van der Waals surface area contributed by atoms with Crippen LogP contribution in [0.5, 0.6) is 0 Å². The van der Waals surface area contributed by atoms with Crippen molar-refractivity contribution in [2.75, 3.05) is 5.32 Å². The normalized spacial score (nSPS) is 10.5. The number of anilines is 2. The quantitative estimate of drug-likeness (QED) is 0.519. The maximum Gasteiger partial charge on any atom is 0.337 e. The minimum Gasteiger partial charge on any atom is -0.478 e. The maximum absolute atomic E-state index is 13.4. The van der Waals surface area contributed by atoms with Crippen molar-refractivity contribution in [1.29, 1.82) is 0 Å². The number of nitrogens with zero attached hydrogens (tertiary/aromatic N) is 1. The molecule has 1 heterocycles. The Morgan fingerprint density at radius 3 is 1.90 bits per heavy atom. The Labute approximate surface area is 113 Å². The van der Waals surface area contributed by atoms with Gasteiger partial charge in [-0.05, 0) is 12.1 Å². The minimum atomic E-state index is -2.27. The van der Waals surface area contributed by atoms with Gasteiger partial charge in [0.2, 0.25) is 5.82 Å². The molecule has 0 aliphatic rings. The number of pyridine rings is 1. The van der Waals surface area contributed by atoms with Crippen LogP contribution < -0.4 is 5.32 Å². The van der Waals surface area contributed by atoms with E-state index in [-0.39, 0.29) is 11.4 Å². The topological polar surface area (TPSA) is 62.2 Å². The lowest BCUT2D eigenvalue weighted by Crippen LogP contribution is -2.07. The first-order valence-corrected chi connectivity index (χ1v) is 5.30. The molecule has 0 spiro atoms. The van der Waals surface area contributed by atoms with Gasteiger partial charge in [0, 0.05) is 6.20 Å². The van der Waals surface area contributed by atoms with Gasteiger partial charge in [-0.15, -0.1) is 0 Å². The molecule has 1 aromatic heterocycles. The summed E-state index contributed by atoms with van der Waals surface area (Å²) in [4.78, 5) is 14.1. The Morgan fingerprint density at radius 2 is 1.48 bits per heavy atom. The number of carbonyl (C=O) groups is 1. The van der Waals surface area contributed by atoms with Crippen molar-refractivity contribution < 1.29 is 31.9 Å². The first kappa shape index (κ1) is 14.7. The highest BCUT2D eigenvalue weighted by Crippen LogP contribution is 2.29. The molecule has 0 aliphatic heterocycles. The van der Waals surface area contributed by atoms with Gasteiger partial charge in [0.15, 0.2) is 23.3 Å². The molecule has 9 heteroatoms. The molecule has 4 nitrogen and oxygen atoms in total. The van der Waals surface area contributed by atoms with Crippen molar-refractivity contribution in [2.24, 2.45) is 0 Å². The summed E-state index contributed by atoms with van der Waals surface area (Å²) in [6.07, 6.45) is 0.858. The average molecular weight is 304 g/mol. The number of aromatic carboxylic acids is 1. The number of benzene rings is 1. The van der Waals surface area contributed by atoms with Gasteiger partial charge in [0.25, 0.3) is 0 Å². The van der Waals surface area contributed by atoms with E-state index in [1.54, 1.807) is 0 Å². The molecule has 0 saturated carbocycles. The molecule has 0 amide bonds. The third-order valence-corrected chi connectivity index (χ3v) is 2.47. The maximum atomic E-state index is 13.4. The average Bonchev–Trinajstić information content (AvgIpc) is 2.48. The molecule has 2 aromatic rings. The van der Waals surface area contributed by atoms with Crippen molar-refractivity contribution in [3.8, 4) is 0 Å². The zero-order valence-electron chi connectivity index (χ0n) is 9.92. The number of hydrogen-bond acceptors (Lipinski definition) is 3. The van der Waals surface area contributed by atoms with Gasteiger partial charge in [-0.1, -0.05) is 0 Å². The fourth-order valence-electron chi connectivity index (χ4n) is 1.44. The van der Waals surface area contributed by atoms with E-state index in [9.17, 15) is 26.7 Å². The van der Waals surface area contributed by atoms with E-state index < -0.39 is 40.7 Å². The molecule has 21 heavy (non-hydrogen) atoms. The Bertz CT molecular complexity index is 690. The summed E-state index contributed by atoms with van der Waals surface area (Å²) in [7, 11) is 0. The number of hydrogen-bond donors (Lipinski definition) is 2. The van der Waals surface area contributed by atoms with Crippen LogP contribution in [0.3, 0.4) is 0 Å². The van der Waals surface area contributed by atoms with Crippen molar-refractivity contribution in [1.82, 2.24) is 4.98 Å². The number of aromatic nitrogens is 1. The zero-order chi connectivity index (χ0) is 15.7. The smallest absolute Gasteiger partial charge is 0.337 e. The summed E-state index contributed by atoms with van der Waals surface area (Å²) in [5.74, 6) is -12.1. The lowest BCUT2D eigenvalue weighted by Gasteiger charge is -2.10. The van der Waals surface area contributed by atoms with Crippen molar-refractivity contribution in [3.05, 3.63) is 53.0 Å². The Hall–Kier alpha value is -2.71. The van der Waals surface area contributed by atoms with Crippen LogP contribution in [0.25, 0.3) is 0 Å². The summed E-state index contributed by atoms with van der Waals surface area (Å²) in [5, 5.41) is 10.6. The molecule has 0 aliphatic carbocycles. The van der Waals surface area contributed by atoms with Crippen LogP contribution in [0.2, 0.25) is 0 Å². The van der Waals surface area contributed by atoms with E-state index in [0.717, 1.165) is 18.3 Å². The van der Waals surface area contributed by atoms with Gasteiger partial charge in [-0.25, -0.2) is 31.7 Å². The number of carboxylic acids is 1. The minimum absolute atomic E-state index is 0.210. The largest absolute Gasteiger partial charge is 0.478 e. The standard InChI is InChI=1S/C12H5F5N2O2/c13-6-7(14)9(16)11(10(17)8(6)15)19-5-2-1-4(3-18-5)12(20)21/h1-3H,(H,18,19)(H,20,21). The van der Waals surface area contributed by atoms with Crippen molar-refractivity contribution in [2.45, 2.75) is 0 Å². The molecular formula is C12H5F5N2O2. The van der Waals surface area contributed by atoms with E-state index in [4.69, 9.17) is 5.11 Å². The first-order chi connectivity index (χ1) is 9.82. The lowest BCUT2D eigenvalue weighted by atomic mass is 10.2. The monoisotopic (exact) mass is 304 g/mol. The predicted octanol–water partition coefficient (Wildman–Crippen LogP) is 3.22. The lowest BCUT2D eigenvalue weighted by molar-refractivity contribution is 0.0696. The van der Waals surface area contributed by atoms with E-state index in [2.05, 4.69) is 4.98 Å². The SMILES string of the molecule is O=C(O)c1ccc(Nc2c(F)c(F)c(F)c(F)c2F)nc1. The van der Waals surface area contributed by atoms with Crippen LogP contribution in [0, 0.1) is 29.1 Å². The number of carboxylic acid groups (broad SMARTS) is 1. The first-order valence-electron chi connectivity index (χ1n) is 5.30. The molecule has 1 aromatic carbocycles. The number of rotatable bonds is 3. The second kappa shape index (κ2) is 5.35. The van der Waals surface area contributed by atoms with E-state index in [0.29, 0.717) is 0 Å². The van der Waals surface area contributed by atoms with Crippen LogP contribution in [-0.4, -0.2) is 16.1 Å². The highest BCUT2D eigenvalue weighted by Gasteiger charge is 2.26. The molecule has 0 fully saturated rings. The van der Waals surface area contributed by atoms with Crippen LogP contribution in [0.15, 0.2) is 18.3 Å². The highest BCUT2D eigenvalue weighted by atomic mass is 19.2. The van der Waals surface area contributed by atoms with E-state index >= 15 is 0 Å². The molecule has 0 radical (unpaired) electrons. The summed E-state index contributed by atoms with van der Waals surface area (Å²) < 4.78 is 65.6. The summed E-state index contributed by atoms with van der Waals surface area (Å²) in [6, 6.07) is 2.06. The summed E-state index contributed by atoms with van der Waals surface area (Å²) >= 11 is 0. The van der Waals surface area contributed by atoms with Crippen LogP contribution in [-0.2, 0) is 0 Å². The molecule has 2 rings (SSSR count). The molecule has 0 unspecified atom stereocenters. The van der Waals surface area contributed by atoms with Crippen LogP contribution in [0.4, 0.5) is 33.5 Å². The van der Waals surface area contributed by atoms with Gasteiger partial charge in [0.05, 0.1) is 5.56 Å². The fourth-order valence-corrected chi connectivity index (χ4v) is 1.44. The van der Waals surface area contributed by atoms with Crippen molar-refractivity contribution in [3.63, 3.8) is 0 Å². The van der Waals surface area contributed by atoms with Gasteiger partial charge >= 0.3 is 5.97 Å². The fraction of sp³-hybridized carbons (Fsp3) is 0. The van der Waals surface area contributed by atoms with Gasteiger partial charge in [-0.3, -0.25) is 0 Å². The summed E-state index contributed by atoms with van der Waals surface area (Å²) in [5.41, 5.74) is -1.49. The van der Waals surface area contributed by atoms with Gasteiger partial charge in [-0.2, -0.15) is 0 Å². The van der Waals surface area contributed by atoms with Gasteiger partial charge in [0.1, 0.15) is 11.5 Å². The van der Waals surface area contributed by atoms with Crippen LogP contribution in [0.1, 0.15) is 10.4 Å². The number of nitrogens with one attached hydrogen (secondary N) is 1.